The molecule has 1 aliphatic carbocycles. The van der Waals surface area contributed by atoms with Gasteiger partial charge in [0.15, 0.2) is 6.61 Å². The Labute approximate surface area is 142 Å². The van der Waals surface area contributed by atoms with Crippen molar-refractivity contribution in [3.63, 3.8) is 0 Å². The second kappa shape index (κ2) is 7.27. The first kappa shape index (κ1) is 16.8. The summed E-state index contributed by atoms with van der Waals surface area (Å²) in [6, 6.07) is 2.64. The number of carbonyl (C=O) groups is 2. The number of nitro groups is 1. The standard InChI is InChI=1S/C15H18N2O6S/c18-13(16-7-8-22-11-4-2-1-3-10(11)16)9-23-15(19)12-5-6-14(24-12)17(20)21/h5-6,10-11H,1-4,7-9H2/t10-,11+/m0/s1. The first-order valence-corrected chi connectivity index (χ1v) is 8.70. The van der Waals surface area contributed by atoms with E-state index in [9.17, 15) is 19.7 Å². The van der Waals surface area contributed by atoms with Crippen molar-refractivity contribution in [3.05, 3.63) is 27.1 Å². The molecule has 1 saturated heterocycles. The molecule has 24 heavy (non-hydrogen) atoms. The SMILES string of the molecule is O=C(OCC(=O)N1CCO[C@@H]2CCCC[C@@H]21)c1ccc([N+](=O)[O-])s1. The Morgan fingerprint density at radius 2 is 2.17 bits per heavy atom. The van der Waals surface area contributed by atoms with Gasteiger partial charge < -0.3 is 14.4 Å². The zero-order chi connectivity index (χ0) is 17.1. The topological polar surface area (TPSA) is 99.0 Å². The minimum Gasteiger partial charge on any atom is -0.451 e. The lowest BCUT2D eigenvalue weighted by molar-refractivity contribution is -0.380. The zero-order valence-electron chi connectivity index (χ0n) is 13.0. The van der Waals surface area contributed by atoms with Crippen LogP contribution in [-0.2, 0) is 14.3 Å². The van der Waals surface area contributed by atoms with Gasteiger partial charge >= 0.3 is 11.0 Å². The molecule has 0 radical (unpaired) electrons. The van der Waals surface area contributed by atoms with E-state index in [1.54, 1.807) is 4.90 Å². The van der Waals surface area contributed by atoms with E-state index in [0.29, 0.717) is 13.2 Å². The molecule has 2 aliphatic rings. The molecule has 8 nitrogen and oxygen atoms in total. The molecular weight excluding hydrogens is 336 g/mol. The number of hydrogen-bond acceptors (Lipinski definition) is 7. The predicted molar refractivity (Wildman–Crippen MR) is 85.0 cm³/mol. The number of hydrogen-bond donors (Lipinski definition) is 0. The smallest absolute Gasteiger partial charge is 0.349 e. The van der Waals surface area contributed by atoms with Crippen molar-refractivity contribution < 1.29 is 24.0 Å². The molecule has 0 aromatic carbocycles. The van der Waals surface area contributed by atoms with Crippen LogP contribution in [0.1, 0.15) is 35.4 Å². The second-order valence-corrected chi connectivity index (χ2v) is 6.88. The third-order valence-corrected chi connectivity index (χ3v) is 5.37. The highest BCUT2D eigenvalue weighted by atomic mass is 32.1. The number of nitrogens with zero attached hydrogens (tertiary/aromatic N) is 2. The van der Waals surface area contributed by atoms with Crippen molar-refractivity contribution in [1.29, 1.82) is 0 Å². The van der Waals surface area contributed by atoms with Crippen molar-refractivity contribution in [3.8, 4) is 0 Å². The molecule has 130 valence electrons. The highest BCUT2D eigenvalue weighted by Crippen LogP contribution is 2.28. The Kier molecular flexibility index (Phi) is 5.10. The number of fused-ring (bicyclic) bond motifs is 1. The Morgan fingerprint density at radius 3 is 2.92 bits per heavy atom. The van der Waals surface area contributed by atoms with Gasteiger partial charge in [-0.1, -0.05) is 24.2 Å². The molecule has 1 saturated carbocycles. The van der Waals surface area contributed by atoms with Gasteiger partial charge in [0.25, 0.3) is 5.91 Å². The summed E-state index contributed by atoms with van der Waals surface area (Å²) in [4.78, 5) is 36.2. The highest BCUT2D eigenvalue weighted by Gasteiger charge is 2.36. The average molecular weight is 354 g/mol. The largest absolute Gasteiger partial charge is 0.451 e. The molecule has 0 bridgehead atoms. The first-order chi connectivity index (χ1) is 11.6. The molecule has 0 unspecified atom stereocenters. The van der Waals surface area contributed by atoms with Gasteiger partial charge in [0.05, 0.1) is 23.7 Å². The number of ether oxygens (including phenoxy) is 2. The van der Waals surface area contributed by atoms with E-state index < -0.39 is 10.9 Å². The van der Waals surface area contributed by atoms with Crippen LogP contribution >= 0.6 is 11.3 Å². The van der Waals surface area contributed by atoms with Gasteiger partial charge in [0.1, 0.15) is 4.88 Å². The fourth-order valence-electron chi connectivity index (χ4n) is 3.22. The molecule has 2 heterocycles. The average Bonchev–Trinajstić information content (AvgIpc) is 3.09. The van der Waals surface area contributed by atoms with Crippen LogP contribution in [0.3, 0.4) is 0 Å². The molecule has 1 aromatic rings. The molecule has 2 atom stereocenters. The first-order valence-electron chi connectivity index (χ1n) is 7.88. The van der Waals surface area contributed by atoms with Gasteiger partial charge in [-0.3, -0.25) is 14.9 Å². The van der Waals surface area contributed by atoms with Crippen molar-refractivity contribution in [2.45, 2.75) is 37.8 Å². The maximum atomic E-state index is 12.4. The van der Waals surface area contributed by atoms with Crippen LogP contribution < -0.4 is 0 Å². The van der Waals surface area contributed by atoms with Crippen LogP contribution in [-0.4, -0.2) is 53.6 Å². The van der Waals surface area contributed by atoms with Gasteiger partial charge in [-0.15, -0.1) is 0 Å². The van der Waals surface area contributed by atoms with Crippen LogP contribution in [0.2, 0.25) is 0 Å². The highest BCUT2D eigenvalue weighted by molar-refractivity contribution is 7.17. The number of carbonyl (C=O) groups excluding carboxylic acids is 2. The molecule has 1 aromatic heterocycles. The van der Waals surface area contributed by atoms with Crippen LogP contribution in [0.5, 0.6) is 0 Å². The van der Waals surface area contributed by atoms with E-state index in [4.69, 9.17) is 9.47 Å². The minimum atomic E-state index is -0.713. The summed E-state index contributed by atoms with van der Waals surface area (Å²) in [5.74, 6) is -0.954. The van der Waals surface area contributed by atoms with Gasteiger partial charge in [-0.25, -0.2) is 4.79 Å². The third-order valence-electron chi connectivity index (χ3n) is 4.35. The molecule has 9 heteroatoms. The van der Waals surface area contributed by atoms with Crippen LogP contribution in [0.25, 0.3) is 0 Å². The quantitative estimate of drug-likeness (QED) is 0.466. The Balaban J connectivity index is 1.56. The summed E-state index contributed by atoms with van der Waals surface area (Å²) in [6.45, 7) is 0.647. The molecule has 0 spiro atoms. The van der Waals surface area contributed by atoms with Gasteiger partial charge in [-0.2, -0.15) is 0 Å². The Hall–Kier alpha value is -2.00. The van der Waals surface area contributed by atoms with Crippen LogP contribution in [0.4, 0.5) is 5.00 Å². The Bertz CT molecular complexity index is 644. The molecule has 1 aliphatic heterocycles. The molecule has 1 amide bonds. The van der Waals surface area contributed by atoms with Crippen molar-refractivity contribution in [1.82, 2.24) is 4.90 Å². The summed E-state index contributed by atoms with van der Waals surface area (Å²) >= 11 is 0.736. The predicted octanol–water partition coefficient (Wildman–Crippen LogP) is 1.98. The van der Waals surface area contributed by atoms with E-state index in [1.165, 1.54) is 12.1 Å². The monoisotopic (exact) mass is 354 g/mol. The van der Waals surface area contributed by atoms with Crippen LogP contribution in [0.15, 0.2) is 12.1 Å². The van der Waals surface area contributed by atoms with Crippen molar-refractivity contribution in [2.24, 2.45) is 0 Å². The molecule has 3 rings (SSSR count). The second-order valence-electron chi connectivity index (χ2n) is 5.82. The summed E-state index contributed by atoms with van der Waals surface area (Å²) < 4.78 is 10.8. The third kappa shape index (κ3) is 3.57. The Morgan fingerprint density at radius 1 is 1.38 bits per heavy atom. The van der Waals surface area contributed by atoms with E-state index >= 15 is 0 Å². The summed E-state index contributed by atoms with van der Waals surface area (Å²) in [7, 11) is 0. The van der Waals surface area contributed by atoms with Gasteiger partial charge in [0.2, 0.25) is 0 Å². The van der Waals surface area contributed by atoms with Crippen molar-refractivity contribution in [2.75, 3.05) is 19.8 Å². The summed E-state index contributed by atoms with van der Waals surface area (Å²) in [5.41, 5.74) is 0. The lowest BCUT2D eigenvalue weighted by atomic mass is 9.90. The molecule has 0 N–H and O–H groups in total. The fraction of sp³-hybridized carbons (Fsp3) is 0.600. The maximum absolute atomic E-state index is 12.4. The fourth-order valence-corrected chi connectivity index (χ4v) is 3.94. The van der Waals surface area contributed by atoms with Crippen LogP contribution in [0, 0.1) is 10.1 Å². The van der Waals surface area contributed by atoms with E-state index in [0.717, 1.165) is 37.0 Å². The number of rotatable bonds is 4. The number of esters is 1. The van der Waals surface area contributed by atoms with E-state index in [2.05, 4.69) is 0 Å². The van der Waals surface area contributed by atoms with Gasteiger partial charge in [0, 0.05) is 12.6 Å². The molecule has 2 fully saturated rings. The lowest BCUT2D eigenvalue weighted by Gasteiger charge is -2.43. The van der Waals surface area contributed by atoms with Gasteiger partial charge in [-0.05, 0) is 18.9 Å². The summed E-state index contributed by atoms with van der Waals surface area (Å²) in [6.07, 6.45) is 4.10. The van der Waals surface area contributed by atoms with E-state index in [-0.39, 0.29) is 34.5 Å². The van der Waals surface area contributed by atoms with Crippen molar-refractivity contribution >= 4 is 28.2 Å². The lowest BCUT2D eigenvalue weighted by Crippen LogP contribution is -2.55. The molecular formula is C15H18N2O6S. The number of amides is 1. The minimum absolute atomic E-state index is 0.0570. The maximum Gasteiger partial charge on any atom is 0.349 e. The number of morpholine rings is 1. The summed E-state index contributed by atoms with van der Waals surface area (Å²) in [5, 5.41) is 10.5. The van der Waals surface area contributed by atoms with E-state index in [1.807, 2.05) is 0 Å². The normalized spacial score (nSPS) is 23.4. The number of thiophene rings is 1. The zero-order valence-corrected chi connectivity index (χ0v) is 13.8.